The lowest BCUT2D eigenvalue weighted by Crippen LogP contribution is -2.06. The van der Waals surface area contributed by atoms with Crippen molar-refractivity contribution in [1.29, 1.82) is 0 Å². The van der Waals surface area contributed by atoms with Crippen LogP contribution in [0.1, 0.15) is 16.1 Å². The van der Waals surface area contributed by atoms with Gasteiger partial charge in [0.1, 0.15) is 5.15 Å². The Balaban J connectivity index is 2.55. The van der Waals surface area contributed by atoms with Gasteiger partial charge in [0.05, 0.1) is 17.7 Å². The highest BCUT2D eigenvalue weighted by molar-refractivity contribution is 6.36. The van der Waals surface area contributed by atoms with Crippen LogP contribution >= 0.6 is 23.2 Å². The Bertz CT molecular complexity index is 733. The maximum atomic E-state index is 12.7. The molecule has 2 aromatic rings. The van der Waals surface area contributed by atoms with Gasteiger partial charge in [0.15, 0.2) is 5.69 Å². The van der Waals surface area contributed by atoms with Crippen molar-refractivity contribution in [2.75, 3.05) is 7.11 Å². The molecule has 2 rings (SSSR count). The maximum Gasteiger partial charge on any atom is 0.416 e. The number of pyridine rings is 1. The number of esters is 1. The Labute approximate surface area is 133 Å². The van der Waals surface area contributed by atoms with Gasteiger partial charge in [0, 0.05) is 5.56 Å². The molecule has 1 heterocycles. The fourth-order valence-corrected chi connectivity index (χ4v) is 2.25. The third kappa shape index (κ3) is 3.34. The normalized spacial score (nSPS) is 11.4. The average molecular weight is 350 g/mol. The molecule has 0 fully saturated rings. The Morgan fingerprint density at radius 2 is 1.91 bits per heavy atom. The lowest BCUT2D eigenvalue weighted by atomic mass is 10.0. The summed E-state index contributed by atoms with van der Waals surface area (Å²) in [6, 6.07) is 5.83. The van der Waals surface area contributed by atoms with Gasteiger partial charge in [-0.3, -0.25) is 0 Å². The first kappa shape index (κ1) is 16.6. The molecule has 0 saturated carbocycles. The van der Waals surface area contributed by atoms with Gasteiger partial charge in [-0.1, -0.05) is 35.3 Å². The summed E-state index contributed by atoms with van der Waals surface area (Å²) in [6.45, 7) is 0. The number of halogens is 5. The maximum absolute atomic E-state index is 12.7. The lowest BCUT2D eigenvalue weighted by Gasteiger charge is -2.11. The monoisotopic (exact) mass is 349 g/mol. The molecular formula is C14H8Cl2F3NO2. The minimum Gasteiger partial charge on any atom is -0.464 e. The summed E-state index contributed by atoms with van der Waals surface area (Å²) in [5.41, 5.74) is -0.657. The Kier molecular flexibility index (Phi) is 4.63. The zero-order valence-corrected chi connectivity index (χ0v) is 12.6. The van der Waals surface area contributed by atoms with E-state index < -0.39 is 17.7 Å². The molecule has 8 heteroatoms. The van der Waals surface area contributed by atoms with Crippen LogP contribution in [-0.4, -0.2) is 18.1 Å². The van der Waals surface area contributed by atoms with E-state index in [4.69, 9.17) is 23.2 Å². The molecule has 0 unspecified atom stereocenters. The third-order valence-corrected chi connectivity index (χ3v) is 3.39. The van der Waals surface area contributed by atoms with Gasteiger partial charge in [-0.05, 0) is 23.8 Å². The predicted octanol–water partition coefficient (Wildman–Crippen LogP) is 4.86. The fourth-order valence-electron chi connectivity index (χ4n) is 1.77. The predicted molar refractivity (Wildman–Crippen MR) is 76.0 cm³/mol. The van der Waals surface area contributed by atoms with Crippen LogP contribution in [0.2, 0.25) is 10.2 Å². The Hall–Kier alpha value is -1.79. The third-order valence-electron chi connectivity index (χ3n) is 2.81. The number of alkyl halides is 3. The van der Waals surface area contributed by atoms with Crippen molar-refractivity contribution >= 4 is 29.2 Å². The van der Waals surface area contributed by atoms with E-state index in [9.17, 15) is 18.0 Å². The first-order valence-electron chi connectivity index (χ1n) is 5.86. The van der Waals surface area contributed by atoms with Crippen LogP contribution in [0.15, 0.2) is 30.3 Å². The number of benzene rings is 1. The molecule has 0 aliphatic heterocycles. The molecule has 0 spiro atoms. The number of nitrogens with zero attached hydrogens (tertiary/aromatic N) is 1. The fraction of sp³-hybridized carbons (Fsp3) is 0.143. The Morgan fingerprint density at radius 3 is 2.50 bits per heavy atom. The van der Waals surface area contributed by atoms with E-state index in [1.54, 1.807) is 0 Å². The SMILES string of the molecule is COC(=O)c1nc(Cl)c(-c2cccc(C(F)(F)F)c2)cc1Cl. The molecular weight excluding hydrogens is 342 g/mol. The second-order valence-corrected chi connectivity index (χ2v) is 4.99. The minimum absolute atomic E-state index is 0.0661. The molecule has 0 atom stereocenters. The first-order valence-corrected chi connectivity index (χ1v) is 6.61. The highest BCUT2D eigenvalue weighted by Crippen LogP contribution is 2.35. The largest absolute Gasteiger partial charge is 0.464 e. The van der Waals surface area contributed by atoms with Gasteiger partial charge >= 0.3 is 12.1 Å². The summed E-state index contributed by atoms with van der Waals surface area (Å²) in [7, 11) is 1.15. The van der Waals surface area contributed by atoms with E-state index >= 15 is 0 Å². The number of aromatic nitrogens is 1. The minimum atomic E-state index is -4.48. The topological polar surface area (TPSA) is 39.2 Å². The van der Waals surface area contributed by atoms with Crippen molar-refractivity contribution < 1.29 is 22.7 Å². The summed E-state index contributed by atoms with van der Waals surface area (Å²) in [4.78, 5) is 15.2. The smallest absolute Gasteiger partial charge is 0.416 e. The van der Waals surface area contributed by atoms with E-state index in [0.29, 0.717) is 0 Å². The second kappa shape index (κ2) is 6.14. The van der Waals surface area contributed by atoms with Crippen molar-refractivity contribution in [3.63, 3.8) is 0 Å². The summed E-state index contributed by atoms with van der Waals surface area (Å²) in [5, 5.41) is -0.215. The van der Waals surface area contributed by atoms with Crippen LogP contribution in [-0.2, 0) is 10.9 Å². The van der Waals surface area contributed by atoms with Gasteiger partial charge in [0.25, 0.3) is 0 Å². The van der Waals surface area contributed by atoms with Crippen LogP contribution in [0.3, 0.4) is 0 Å². The number of methoxy groups -OCH3 is 1. The molecule has 3 nitrogen and oxygen atoms in total. The van der Waals surface area contributed by atoms with Gasteiger partial charge in [-0.2, -0.15) is 13.2 Å². The molecule has 0 aliphatic rings. The molecule has 0 bridgehead atoms. The van der Waals surface area contributed by atoms with Crippen LogP contribution in [0, 0.1) is 0 Å². The van der Waals surface area contributed by atoms with Crippen molar-refractivity contribution in [1.82, 2.24) is 4.98 Å². The molecule has 0 aliphatic carbocycles. The molecule has 1 aromatic carbocycles. The summed E-state index contributed by atoms with van der Waals surface area (Å²) >= 11 is 11.9. The van der Waals surface area contributed by atoms with E-state index in [1.165, 1.54) is 18.2 Å². The van der Waals surface area contributed by atoms with E-state index in [0.717, 1.165) is 19.2 Å². The van der Waals surface area contributed by atoms with Gasteiger partial charge < -0.3 is 4.74 Å². The van der Waals surface area contributed by atoms with Crippen molar-refractivity contribution in [3.05, 3.63) is 51.8 Å². The van der Waals surface area contributed by atoms with Crippen LogP contribution in [0.25, 0.3) is 11.1 Å². The van der Waals surface area contributed by atoms with Crippen LogP contribution in [0.4, 0.5) is 13.2 Å². The van der Waals surface area contributed by atoms with Gasteiger partial charge in [-0.15, -0.1) is 0 Å². The average Bonchev–Trinajstić information content (AvgIpc) is 2.47. The summed E-state index contributed by atoms with van der Waals surface area (Å²) in [5.74, 6) is -0.789. The standard InChI is InChI=1S/C14H8Cl2F3NO2/c1-22-13(21)11-10(15)6-9(12(16)20-11)7-3-2-4-8(5-7)14(17,18)19/h2-6H,1H3. The van der Waals surface area contributed by atoms with Crippen molar-refractivity contribution in [2.45, 2.75) is 6.18 Å². The number of carbonyl (C=O) groups excluding carboxylic acids is 1. The number of carbonyl (C=O) groups is 1. The van der Waals surface area contributed by atoms with E-state index in [-0.39, 0.29) is 27.0 Å². The number of ether oxygens (including phenoxy) is 1. The zero-order valence-electron chi connectivity index (χ0n) is 11.0. The highest BCUT2D eigenvalue weighted by Gasteiger charge is 2.30. The summed E-state index contributed by atoms with van der Waals surface area (Å²) < 4.78 is 42.7. The number of rotatable bonds is 2. The molecule has 116 valence electrons. The lowest BCUT2D eigenvalue weighted by molar-refractivity contribution is -0.137. The zero-order chi connectivity index (χ0) is 16.5. The van der Waals surface area contributed by atoms with Gasteiger partial charge in [0.2, 0.25) is 0 Å². The van der Waals surface area contributed by atoms with Crippen LogP contribution < -0.4 is 0 Å². The first-order chi connectivity index (χ1) is 10.2. The highest BCUT2D eigenvalue weighted by atomic mass is 35.5. The molecule has 0 amide bonds. The molecule has 0 radical (unpaired) electrons. The second-order valence-electron chi connectivity index (χ2n) is 4.23. The van der Waals surface area contributed by atoms with Gasteiger partial charge in [-0.25, -0.2) is 9.78 Å². The molecule has 1 aromatic heterocycles. The molecule has 22 heavy (non-hydrogen) atoms. The quantitative estimate of drug-likeness (QED) is 0.574. The van der Waals surface area contributed by atoms with E-state index in [2.05, 4.69) is 9.72 Å². The van der Waals surface area contributed by atoms with E-state index in [1.807, 2.05) is 0 Å². The molecule has 0 N–H and O–H groups in total. The molecule has 0 saturated heterocycles. The van der Waals surface area contributed by atoms with Crippen molar-refractivity contribution in [2.24, 2.45) is 0 Å². The van der Waals surface area contributed by atoms with Crippen LogP contribution in [0.5, 0.6) is 0 Å². The summed E-state index contributed by atoms with van der Waals surface area (Å²) in [6.07, 6.45) is -4.48. The number of hydrogen-bond acceptors (Lipinski definition) is 3. The van der Waals surface area contributed by atoms with Crippen molar-refractivity contribution in [3.8, 4) is 11.1 Å². The number of hydrogen-bond donors (Lipinski definition) is 0. The Morgan fingerprint density at radius 1 is 1.23 bits per heavy atom.